The first-order chi connectivity index (χ1) is 9.06. The summed E-state index contributed by atoms with van der Waals surface area (Å²) >= 11 is 0. The Labute approximate surface area is 116 Å². The van der Waals surface area contributed by atoms with Crippen molar-refractivity contribution in [3.63, 3.8) is 0 Å². The van der Waals surface area contributed by atoms with Crippen molar-refractivity contribution in [1.29, 1.82) is 0 Å². The zero-order valence-corrected chi connectivity index (χ0v) is 12.2. The number of rotatable bonds is 5. The summed E-state index contributed by atoms with van der Waals surface area (Å²) in [5.74, 6) is 5.64. The van der Waals surface area contributed by atoms with E-state index in [4.69, 9.17) is 4.74 Å². The van der Waals surface area contributed by atoms with Crippen LogP contribution in [0.5, 0.6) is 0 Å². The van der Waals surface area contributed by atoms with Crippen molar-refractivity contribution >= 4 is 5.97 Å². The van der Waals surface area contributed by atoms with Gasteiger partial charge in [-0.1, -0.05) is 38.0 Å². The van der Waals surface area contributed by atoms with Crippen molar-refractivity contribution in [2.75, 3.05) is 0 Å². The Balaban J connectivity index is 2.56. The Bertz CT molecular complexity index is 332. The second-order valence-corrected chi connectivity index (χ2v) is 5.46. The van der Waals surface area contributed by atoms with Crippen LogP contribution in [0.3, 0.4) is 0 Å². The summed E-state index contributed by atoms with van der Waals surface area (Å²) in [5, 5.41) is 10.3. The molecule has 0 saturated heterocycles. The Morgan fingerprint density at radius 2 is 2.00 bits per heavy atom. The van der Waals surface area contributed by atoms with Gasteiger partial charge in [-0.3, -0.25) is 4.79 Å². The first kappa shape index (κ1) is 16.0. The van der Waals surface area contributed by atoms with Crippen LogP contribution < -0.4 is 0 Å². The lowest BCUT2D eigenvalue weighted by atomic mass is 9.85. The highest BCUT2D eigenvalue weighted by atomic mass is 16.5. The van der Waals surface area contributed by atoms with E-state index < -0.39 is 5.60 Å². The van der Waals surface area contributed by atoms with Crippen molar-refractivity contribution in [1.82, 2.24) is 0 Å². The fourth-order valence-electron chi connectivity index (χ4n) is 2.42. The molecule has 1 saturated carbocycles. The van der Waals surface area contributed by atoms with Crippen LogP contribution in [0.25, 0.3) is 0 Å². The van der Waals surface area contributed by atoms with Crippen molar-refractivity contribution in [2.24, 2.45) is 0 Å². The maximum atomic E-state index is 11.1. The van der Waals surface area contributed by atoms with E-state index >= 15 is 0 Å². The minimum absolute atomic E-state index is 0.300. The van der Waals surface area contributed by atoms with Gasteiger partial charge in [-0.25, -0.2) is 0 Å². The van der Waals surface area contributed by atoms with Gasteiger partial charge in [0.1, 0.15) is 5.60 Å². The average Bonchev–Trinajstić information content (AvgIpc) is 2.36. The molecule has 3 nitrogen and oxygen atoms in total. The molecule has 0 radical (unpaired) electrons. The fraction of sp³-hybridized carbons (Fsp3) is 0.812. The molecule has 0 bridgehead atoms. The molecule has 0 amide bonds. The molecule has 0 aromatic heterocycles. The molecule has 108 valence electrons. The molecule has 1 aliphatic carbocycles. The van der Waals surface area contributed by atoms with Gasteiger partial charge in [-0.2, -0.15) is 0 Å². The molecule has 1 atom stereocenters. The zero-order chi connectivity index (χ0) is 14.1. The van der Waals surface area contributed by atoms with Crippen LogP contribution >= 0.6 is 0 Å². The largest absolute Gasteiger partial charge is 0.449 e. The second-order valence-electron chi connectivity index (χ2n) is 5.46. The van der Waals surface area contributed by atoms with E-state index in [-0.39, 0.29) is 12.1 Å². The van der Waals surface area contributed by atoms with Crippen LogP contribution in [0.2, 0.25) is 0 Å². The van der Waals surface area contributed by atoms with E-state index in [1.54, 1.807) is 0 Å². The third kappa shape index (κ3) is 6.63. The quantitative estimate of drug-likeness (QED) is 0.472. The molecule has 1 aliphatic rings. The van der Waals surface area contributed by atoms with E-state index in [0.29, 0.717) is 0 Å². The standard InChI is InChI=1S/C16H26O3/c1-3-4-6-9-15(19-14(2)17)10-13-16(18)11-7-5-8-12-16/h15,18H,3-9,11-12H2,1-2H3/t15-/m0/s1. The number of aliphatic hydroxyl groups is 1. The van der Waals surface area contributed by atoms with Crippen LogP contribution in [0, 0.1) is 11.8 Å². The topological polar surface area (TPSA) is 46.5 Å². The number of esters is 1. The Hall–Kier alpha value is -1.01. The predicted molar refractivity (Wildman–Crippen MR) is 75.5 cm³/mol. The third-order valence-electron chi connectivity index (χ3n) is 3.52. The third-order valence-corrected chi connectivity index (χ3v) is 3.52. The van der Waals surface area contributed by atoms with Gasteiger partial charge in [0.25, 0.3) is 0 Å². The number of unbranched alkanes of at least 4 members (excludes halogenated alkanes) is 2. The first-order valence-corrected chi connectivity index (χ1v) is 7.48. The van der Waals surface area contributed by atoms with Gasteiger partial charge in [0.15, 0.2) is 6.10 Å². The summed E-state index contributed by atoms with van der Waals surface area (Å²) in [7, 11) is 0. The molecular formula is C16H26O3. The molecule has 3 heteroatoms. The van der Waals surface area contributed by atoms with Crippen LogP contribution in [-0.4, -0.2) is 22.8 Å². The van der Waals surface area contributed by atoms with Gasteiger partial charge in [-0.05, 0) is 38.5 Å². The van der Waals surface area contributed by atoms with Gasteiger partial charge >= 0.3 is 5.97 Å². The van der Waals surface area contributed by atoms with Crippen molar-refractivity contribution in [2.45, 2.75) is 83.3 Å². The van der Waals surface area contributed by atoms with Crippen molar-refractivity contribution in [3.8, 4) is 11.8 Å². The highest BCUT2D eigenvalue weighted by molar-refractivity contribution is 5.66. The molecule has 0 aliphatic heterocycles. The lowest BCUT2D eigenvalue weighted by Crippen LogP contribution is -2.29. The molecule has 0 aromatic carbocycles. The molecule has 0 spiro atoms. The number of carbonyl (C=O) groups excluding carboxylic acids is 1. The monoisotopic (exact) mass is 266 g/mol. The summed E-state index contributed by atoms with van der Waals surface area (Å²) < 4.78 is 5.21. The highest BCUT2D eigenvalue weighted by Crippen LogP contribution is 2.27. The highest BCUT2D eigenvalue weighted by Gasteiger charge is 2.26. The molecule has 0 heterocycles. The smallest absolute Gasteiger partial charge is 0.303 e. The van der Waals surface area contributed by atoms with E-state index in [2.05, 4.69) is 18.8 Å². The normalized spacial score (nSPS) is 19.1. The molecule has 1 rings (SSSR count). The molecule has 0 unspecified atom stereocenters. The Morgan fingerprint density at radius 1 is 1.32 bits per heavy atom. The van der Waals surface area contributed by atoms with Crippen LogP contribution in [0.4, 0.5) is 0 Å². The van der Waals surface area contributed by atoms with Crippen LogP contribution in [0.15, 0.2) is 0 Å². The Kier molecular flexibility index (Phi) is 6.94. The predicted octanol–water partition coefficient (Wildman–Crippen LogP) is 3.20. The van der Waals surface area contributed by atoms with E-state index in [1.807, 2.05) is 0 Å². The molecule has 19 heavy (non-hydrogen) atoms. The number of carbonyl (C=O) groups is 1. The molecule has 0 aromatic rings. The van der Waals surface area contributed by atoms with E-state index in [1.165, 1.54) is 13.3 Å². The van der Waals surface area contributed by atoms with Crippen LogP contribution in [0.1, 0.15) is 71.6 Å². The average molecular weight is 266 g/mol. The minimum Gasteiger partial charge on any atom is -0.449 e. The molecular weight excluding hydrogens is 240 g/mol. The first-order valence-electron chi connectivity index (χ1n) is 7.48. The zero-order valence-electron chi connectivity index (χ0n) is 12.2. The van der Waals surface area contributed by atoms with Crippen LogP contribution in [-0.2, 0) is 9.53 Å². The fourth-order valence-corrected chi connectivity index (χ4v) is 2.42. The number of ether oxygens (including phenoxy) is 1. The van der Waals surface area contributed by atoms with Gasteiger partial charge in [0, 0.05) is 6.92 Å². The van der Waals surface area contributed by atoms with E-state index in [9.17, 15) is 9.90 Å². The lowest BCUT2D eigenvalue weighted by Gasteiger charge is -2.26. The second kappa shape index (κ2) is 8.22. The van der Waals surface area contributed by atoms with Gasteiger partial charge < -0.3 is 9.84 Å². The molecule has 1 fully saturated rings. The number of hydrogen-bond donors (Lipinski definition) is 1. The summed E-state index contributed by atoms with van der Waals surface area (Å²) in [5.41, 5.74) is -0.860. The minimum atomic E-state index is -0.860. The summed E-state index contributed by atoms with van der Waals surface area (Å²) in [4.78, 5) is 11.1. The van der Waals surface area contributed by atoms with Gasteiger partial charge in [0.05, 0.1) is 0 Å². The summed E-state index contributed by atoms with van der Waals surface area (Å²) in [6.45, 7) is 3.54. The maximum Gasteiger partial charge on any atom is 0.303 e. The number of hydrogen-bond acceptors (Lipinski definition) is 3. The lowest BCUT2D eigenvalue weighted by molar-refractivity contribution is -0.144. The summed E-state index contributed by atoms with van der Waals surface area (Å²) in [6, 6.07) is 0. The van der Waals surface area contributed by atoms with E-state index in [0.717, 1.165) is 51.4 Å². The van der Waals surface area contributed by atoms with Crippen molar-refractivity contribution < 1.29 is 14.6 Å². The van der Waals surface area contributed by atoms with Crippen molar-refractivity contribution in [3.05, 3.63) is 0 Å². The SMILES string of the molecule is CCCCC[C@@H](C#CC1(O)CCCCC1)OC(C)=O. The van der Waals surface area contributed by atoms with Gasteiger partial charge in [-0.15, -0.1) is 0 Å². The van der Waals surface area contributed by atoms with Gasteiger partial charge in [0.2, 0.25) is 0 Å². The molecule has 1 N–H and O–H groups in total. The summed E-state index contributed by atoms with van der Waals surface area (Å²) in [6.07, 6.45) is 8.34. The Morgan fingerprint density at radius 3 is 2.58 bits per heavy atom. The maximum absolute atomic E-state index is 11.1.